The molecule has 1 aromatic carbocycles. The van der Waals surface area contributed by atoms with Crippen molar-refractivity contribution in [2.75, 3.05) is 0 Å². The van der Waals surface area contributed by atoms with Crippen LogP contribution >= 0.6 is 11.8 Å². The van der Waals surface area contributed by atoms with E-state index in [2.05, 4.69) is 44.2 Å². The van der Waals surface area contributed by atoms with E-state index in [-0.39, 0.29) is 5.92 Å². The molecule has 0 aliphatic carbocycles. The van der Waals surface area contributed by atoms with Gasteiger partial charge in [0.25, 0.3) is 0 Å². The van der Waals surface area contributed by atoms with Crippen molar-refractivity contribution in [1.82, 2.24) is 0 Å². The molecule has 0 bridgehead atoms. The average Bonchev–Trinajstić information content (AvgIpc) is 2.21. The van der Waals surface area contributed by atoms with E-state index in [9.17, 15) is 0 Å². The molecule has 0 spiro atoms. The third-order valence-electron chi connectivity index (χ3n) is 2.22. The first-order chi connectivity index (χ1) is 7.17. The van der Waals surface area contributed by atoms with Gasteiger partial charge in [0.15, 0.2) is 0 Å². The highest BCUT2D eigenvalue weighted by Gasteiger charge is 2.07. The van der Waals surface area contributed by atoms with Gasteiger partial charge in [-0.15, -0.1) is 11.8 Å². The topological polar surface area (TPSA) is 23.8 Å². The molecule has 1 atom stereocenters. The zero-order chi connectivity index (χ0) is 11.3. The van der Waals surface area contributed by atoms with E-state index >= 15 is 0 Å². The Bertz CT molecular complexity index is 335. The van der Waals surface area contributed by atoms with Crippen molar-refractivity contribution in [3.63, 3.8) is 0 Å². The van der Waals surface area contributed by atoms with Crippen molar-refractivity contribution in [3.05, 3.63) is 29.8 Å². The van der Waals surface area contributed by atoms with Gasteiger partial charge < -0.3 is 0 Å². The summed E-state index contributed by atoms with van der Waals surface area (Å²) in [6, 6.07) is 10.7. The molecule has 0 aliphatic rings. The largest absolute Gasteiger partial charge is 0.198 e. The molecule has 15 heavy (non-hydrogen) atoms. The summed E-state index contributed by atoms with van der Waals surface area (Å²) in [5.74, 6) is 0.0445. The summed E-state index contributed by atoms with van der Waals surface area (Å²) in [5, 5.41) is 9.54. The molecule has 1 rings (SSSR count). The van der Waals surface area contributed by atoms with Crippen molar-refractivity contribution in [2.24, 2.45) is 0 Å². The molecule has 0 radical (unpaired) electrons. The van der Waals surface area contributed by atoms with Crippen molar-refractivity contribution in [3.8, 4) is 6.07 Å². The van der Waals surface area contributed by atoms with Crippen LogP contribution in [-0.2, 0) is 0 Å². The fraction of sp³-hybridized carbons (Fsp3) is 0.462. The molecule has 2 heteroatoms. The van der Waals surface area contributed by atoms with Crippen molar-refractivity contribution in [1.29, 1.82) is 5.26 Å². The number of hydrogen-bond acceptors (Lipinski definition) is 2. The van der Waals surface area contributed by atoms with Crippen LogP contribution in [0.2, 0.25) is 0 Å². The average molecular weight is 219 g/mol. The highest BCUT2D eigenvalue weighted by molar-refractivity contribution is 7.99. The van der Waals surface area contributed by atoms with E-state index in [4.69, 9.17) is 5.26 Å². The van der Waals surface area contributed by atoms with Crippen LogP contribution in [0.3, 0.4) is 0 Å². The Morgan fingerprint density at radius 2 is 1.87 bits per heavy atom. The Hall–Kier alpha value is -0.940. The number of nitrogens with zero attached hydrogens (tertiary/aromatic N) is 1. The zero-order valence-electron chi connectivity index (χ0n) is 9.53. The molecule has 1 nitrogen and oxygen atoms in total. The highest BCUT2D eigenvalue weighted by Crippen LogP contribution is 2.25. The zero-order valence-corrected chi connectivity index (χ0v) is 10.3. The molecule has 0 N–H and O–H groups in total. The monoisotopic (exact) mass is 219 g/mol. The number of thioether (sulfide) groups is 1. The molecule has 80 valence electrons. The maximum atomic E-state index is 8.94. The van der Waals surface area contributed by atoms with Gasteiger partial charge in [-0.3, -0.25) is 0 Å². The lowest BCUT2D eigenvalue weighted by Gasteiger charge is -2.08. The van der Waals surface area contributed by atoms with Crippen LogP contribution in [0.4, 0.5) is 0 Å². The van der Waals surface area contributed by atoms with E-state index in [1.54, 1.807) is 0 Å². The van der Waals surface area contributed by atoms with Crippen molar-refractivity contribution < 1.29 is 0 Å². The minimum Gasteiger partial charge on any atom is -0.198 e. The third-order valence-corrected chi connectivity index (χ3v) is 3.23. The Morgan fingerprint density at radius 1 is 1.27 bits per heavy atom. The fourth-order valence-corrected chi connectivity index (χ4v) is 2.29. The molecule has 0 amide bonds. The summed E-state index contributed by atoms with van der Waals surface area (Å²) < 4.78 is 0. The van der Waals surface area contributed by atoms with E-state index in [1.165, 1.54) is 4.90 Å². The predicted octanol–water partition coefficient (Wildman–Crippen LogP) is 4.20. The Balaban J connectivity index is 2.76. The first-order valence-corrected chi connectivity index (χ1v) is 6.21. The fourth-order valence-electron chi connectivity index (χ4n) is 1.45. The van der Waals surface area contributed by atoms with E-state index in [0.717, 1.165) is 12.0 Å². The molecule has 1 aromatic rings. The second-order valence-electron chi connectivity index (χ2n) is 3.83. The second kappa shape index (κ2) is 5.82. The van der Waals surface area contributed by atoms with Gasteiger partial charge in [-0.05, 0) is 24.1 Å². The standard InChI is InChI=1S/C13H17NS/c1-4-11(9-14)12-5-7-13(8-6-12)15-10(2)3/h5-8,10-11H,4H2,1-3H3. The molecular formula is C13H17NS. The van der Waals surface area contributed by atoms with Gasteiger partial charge in [0.2, 0.25) is 0 Å². The number of rotatable bonds is 4. The number of benzene rings is 1. The van der Waals surface area contributed by atoms with Gasteiger partial charge in [-0.2, -0.15) is 5.26 Å². The van der Waals surface area contributed by atoms with Gasteiger partial charge in [0.1, 0.15) is 0 Å². The summed E-state index contributed by atoms with van der Waals surface area (Å²) in [6.45, 7) is 6.41. The summed E-state index contributed by atoms with van der Waals surface area (Å²) >= 11 is 1.85. The van der Waals surface area contributed by atoms with Gasteiger partial charge in [-0.25, -0.2) is 0 Å². The molecule has 0 saturated carbocycles. The molecule has 0 heterocycles. The van der Waals surface area contributed by atoms with Crippen LogP contribution in [0.25, 0.3) is 0 Å². The van der Waals surface area contributed by atoms with Crippen molar-refractivity contribution in [2.45, 2.75) is 43.3 Å². The van der Waals surface area contributed by atoms with Crippen LogP contribution in [0, 0.1) is 11.3 Å². The van der Waals surface area contributed by atoms with Crippen LogP contribution < -0.4 is 0 Å². The van der Waals surface area contributed by atoms with Crippen LogP contribution in [0.1, 0.15) is 38.7 Å². The van der Waals surface area contributed by atoms with Crippen LogP contribution in [-0.4, -0.2) is 5.25 Å². The first-order valence-electron chi connectivity index (χ1n) is 5.33. The van der Waals surface area contributed by atoms with Crippen LogP contribution in [0.5, 0.6) is 0 Å². The Labute approximate surface area is 96.5 Å². The molecule has 0 aromatic heterocycles. The van der Waals surface area contributed by atoms with Crippen LogP contribution in [0.15, 0.2) is 29.2 Å². The lowest BCUT2D eigenvalue weighted by Crippen LogP contribution is -1.93. The van der Waals surface area contributed by atoms with E-state index in [1.807, 2.05) is 18.7 Å². The second-order valence-corrected chi connectivity index (χ2v) is 5.48. The molecule has 0 saturated heterocycles. The molecule has 0 fully saturated rings. The quantitative estimate of drug-likeness (QED) is 0.708. The summed E-state index contributed by atoms with van der Waals surface area (Å²) in [7, 11) is 0. The number of hydrogen-bond donors (Lipinski definition) is 0. The Morgan fingerprint density at radius 3 is 2.27 bits per heavy atom. The number of nitriles is 1. The van der Waals surface area contributed by atoms with Gasteiger partial charge in [0, 0.05) is 10.1 Å². The lowest BCUT2D eigenvalue weighted by molar-refractivity contribution is 0.817. The van der Waals surface area contributed by atoms with E-state index < -0.39 is 0 Å². The minimum atomic E-state index is 0.0445. The van der Waals surface area contributed by atoms with E-state index in [0.29, 0.717) is 5.25 Å². The molecule has 1 unspecified atom stereocenters. The smallest absolute Gasteiger partial charge is 0.0710 e. The third kappa shape index (κ3) is 3.60. The predicted molar refractivity (Wildman–Crippen MR) is 66.1 cm³/mol. The van der Waals surface area contributed by atoms with Gasteiger partial charge in [0.05, 0.1) is 12.0 Å². The van der Waals surface area contributed by atoms with Crippen molar-refractivity contribution >= 4 is 11.8 Å². The highest BCUT2D eigenvalue weighted by atomic mass is 32.2. The summed E-state index contributed by atoms with van der Waals surface area (Å²) in [5.41, 5.74) is 1.13. The lowest BCUT2D eigenvalue weighted by atomic mass is 9.98. The summed E-state index contributed by atoms with van der Waals surface area (Å²) in [6.07, 6.45) is 0.882. The Kier molecular flexibility index (Phi) is 4.71. The SMILES string of the molecule is CCC(C#N)c1ccc(SC(C)C)cc1. The summed E-state index contributed by atoms with van der Waals surface area (Å²) in [4.78, 5) is 1.28. The maximum Gasteiger partial charge on any atom is 0.0710 e. The van der Waals surface area contributed by atoms with Gasteiger partial charge >= 0.3 is 0 Å². The molecular weight excluding hydrogens is 202 g/mol. The normalized spacial score (nSPS) is 12.5. The minimum absolute atomic E-state index is 0.0445. The maximum absolute atomic E-state index is 8.94. The first kappa shape index (κ1) is 12.1. The molecule has 0 aliphatic heterocycles. The van der Waals surface area contributed by atoms with Gasteiger partial charge in [-0.1, -0.05) is 32.9 Å².